The van der Waals surface area contributed by atoms with Gasteiger partial charge >= 0.3 is 0 Å². The lowest BCUT2D eigenvalue weighted by Gasteiger charge is -2.06. The van der Waals surface area contributed by atoms with E-state index in [1.165, 1.54) is 29.9 Å². The predicted octanol–water partition coefficient (Wildman–Crippen LogP) is 2.87. The number of amides is 1. The van der Waals surface area contributed by atoms with Crippen molar-refractivity contribution in [2.75, 3.05) is 0 Å². The molecule has 0 aliphatic rings. The fraction of sp³-hybridized carbons (Fsp3) is 0.0909. The SMILES string of the molecule is O=C(NCc1c(F)cccc1Cl)c1cnsc1. The molecule has 0 unspecified atom stereocenters. The number of halogens is 2. The summed E-state index contributed by atoms with van der Waals surface area (Å²) >= 11 is 7.02. The summed E-state index contributed by atoms with van der Waals surface area (Å²) < 4.78 is 17.2. The average Bonchev–Trinajstić information content (AvgIpc) is 2.81. The van der Waals surface area contributed by atoms with E-state index in [4.69, 9.17) is 11.6 Å². The third-order valence-electron chi connectivity index (χ3n) is 2.18. The Kier molecular flexibility index (Phi) is 3.71. The zero-order valence-electron chi connectivity index (χ0n) is 8.61. The molecule has 0 atom stereocenters. The number of benzene rings is 1. The van der Waals surface area contributed by atoms with Crippen LogP contribution in [0, 0.1) is 5.82 Å². The minimum atomic E-state index is -0.429. The Morgan fingerprint density at radius 2 is 2.35 bits per heavy atom. The third-order valence-corrected chi connectivity index (χ3v) is 3.12. The maximum Gasteiger partial charge on any atom is 0.254 e. The van der Waals surface area contributed by atoms with Gasteiger partial charge in [-0.3, -0.25) is 4.79 Å². The summed E-state index contributed by atoms with van der Waals surface area (Å²) in [5.41, 5.74) is 0.744. The van der Waals surface area contributed by atoms with Gasteiger partial charge < -0.3 is 5.32 Å². The van der Waals surface area contributed by atoms with E-state index in [9.17, 15) is 9.18 Å². The normalized spacial score (nSPS) is 10.2. The smallest absolute Gasteiger partial charge is 0.254 e. The van der Waals surface area contributed by atoms with Gasteiger partial charge in [-0.05, 0) is 23.7 Å². The molecule has 1 heterocycles. The lowest BCUT2D eigenvalue weighted by atomic mass is 10.2. The number of nitrogens with zero attached hydrogens (tertiary/aromatic N) is 1. The molecule has 0 bridgehead atoms. The third kappa shape index (κ3) is 2.81. The lowest BCUT2D eigenvalue weighted by molar-refractivity contribution is 0.0951. The molecule has 0 fully saturated rings. The standard InChI is InChI=1S/C11H8ClFN2OS/c12-9-2-1-3-10(13)8(9)5-14-11(16)7-4-15-17-6-7/h1-4,6H,5H2,(H,14,16). The number of aromatic nitrogens is 1. The number of rotatable bonds is 3. The highest BCUT2D eigenvalue weighted by Crippen LogP contribution is 2.18. The van der Waals surface area contributed by atoms with E-state index in [2.05, 4.69) is 9.69 Å². The number of carbonyl (C=O) groups excluding carboxylic acids is 1. The van der Waals surface area contributed by atoms with Crippen LogP contribution in [-0.4, -0.2) is 10.3 Å². The molecule has 1 amide bonds. The molecule has 0 spiro atoms. The van der Waals surface area contributed by atoms with Crippen molar-refractivity contribution in [2.45, 2.75) is 6.54 Å². The molecule has 1 N–H and O–H groups in total. The molecule has 0 saturated heterocycles. The summed E-state index contributed by atoms with van der Waals surface area (Å²) in [6, 6.07) is 4.41. The van der Waals surface area contributed by atoms with Crippen molar-refractivity contribution >= 4 is 29.0 Å². The van der Waals surface area contributed by atoms with Gasteiger partial charge in [0.25, 0.3) is 5.91 Å². The molecule has 2 rings (SSSR count). The lowest BCUT2D eigenvalue weighted by Crippen LogP contribution is -2.23. The largest absolute Gasteiger partial charge is 0.348 e. The van der Waals surface area contributed by atoms with Crippen molar-refractivity contribution in [3.63, 3.8) is 0 Å². The zero-order chi connectivity index (χ0) is 12.3. The Bertz CT molecular complexity index is 510. The van der Waals surface area contributed by atoms with Crippen molar-refractivity contribution in [1.82, 2.24) is 9.69 Å². The van der Waals surface area contributed by atoms with Gasteiger partial charge in [0.05, 0.1) is 11.8 Å². The Morgan fingerprint density at radius 1 is 1.53 bits per heavy atom. The van der Waals surface area contributed by atoms with Gasteiger partial charge in [-0.1, -0.05) is 17.7 Å². The van der Waals surface area contributed by atoms with E-state index in [0.29, 0.717) is 10.6 Å². The van der Waals surface area contributed by atoms with Gasteiger partial charge in [0.1, 0.15) is 5.82 Å². The molecule has 3 nitrogen and oxygen atoms in total. The number of hydrogen-bond acceptors (Lipinski definition) is 3. The van der Waals surface area contributed by atoms with E-state index in [0.717, 1.165) is 0 Å². The van der Waals surface area contributed by atoms with Gasteiger partial charge in [-0.15, -0.1) is 0 Å². The molecule has 2 aromatic rings. The second-order valence-corrected chi connectivity index (χ2v) is 4.36. The number of hydrogen-bond donors (Lipinski definition) is 1. The maximum absolute atomic E-state index is 13.4. The first-order valence-electron chi connectivity index (χ1n) is 4.79. The molecule has 1 aromatic carbocycles. The summed E-state index contributed by atoms with van der Waals surface area (Å²) in [6.07, 6.45) is 1.46. The zero-order valence-corrected chi connectivity index (χ0v) is 10.2. The van der Waals surface area contributed by atoms with E-state index in [1.807, 2.05) is 0 Å². The first-order valence-corrected chi connectivity index (χ1v) is 6.00. The minimum Gasteiger partial charge on any atom is -0.348 e. The van der Waals surface area contributed by atoms with Gasteiger partial charge in [-0.25, -0.2) is 8.76 Å². The number of nitrogens with one attached hydrogen (secondary N) is 1. The molecular weight excluding hydrogens is 263 g/mol. The van der Waals surface area contributed by atoms with Gasteiger partial charge in [0.15, 0.2) is 0 Å². The minimum absolute atomic E-state index is 0.0557. The molecular formula is C11H8ClFN2OS. The average molecular weight is 271 g/mol. The van der Waals surface area contributed by atoms with Crippen LogP contribution in [0.5, 0.6) is 0 Å². The number of carbonyl (C=O) groups is 1. The Hall–Kier alpha value is -1.46. The molecule has 0 saturated carbocycles. The molecule has 0 radical (unpaired) electrons. The van der Waals surface area contributed by atoms with E-state index in [-0.39, 0.29) is 18.0 Å². The highest BCUT2D eigenvalue weighted by molar-refractivity contribution is 7.03. The molecule has 1 aromatic heterocycles. The molecule has 88 valence electrons. The van der Waals surface area contributed by atoms with Crippen molar-refractivity contribution in [3.8, 4) is 0 Å². The first-order chi connectivity index (χ1) is 8.18. The van der Waals surface area contributed by atoms with E-state index < -0.39 is 5.82 Å². The summed E-state index contributed by atoms with van der Waals surface area (Å²) in [4.78, 5) is 11.6. The summed E-state index contributed by atoms with van der Waals surface area (Å²) in [7, 11) is 0. The monoisotopic (exact) mass is 270 g/mol. The molecule has 0 aliphatic heterocycles. The highest BCUT2D eigenvalue weighted by atomic mass is 35.5. The fourth-order valence-corrected chi connectivity index (χ4v) is 2.04. The quantitative estimate of drug-likeness (QED) is 0.932. The van der Waals surface area contributed by atoms with Gasteiger partial charge in [0.2, 0.25) is 0 Å². The fourth-order valence-electron chi connectivity index (χ4n) is 1.29. The van der Waals surface area contributed by atoms with Crippen LogP contribution in [0.25, 0.3) is 0 Å². The molecule has 17 heavy (non-hydrogen) atoms. The van der Waals surface area contributed by atoms with Crippen LogP contribution >= 0.6 is 23.1 Å². The highest BCUT2D eigenvalue weighted by Gasteiger charge is 2.10. The second-order valence-electron chi connectivity index (χ2n) is 3.30. The Labute approximate surface area is 106 Å². The van der Waals surface area contributed by atoms with Crippen LogP contribution in [-0.2, 0) is 6.54 Å². The van der Waals surface area contributed by atoms with Crippen molar-refractivity contribution in [1.29, 1.82) is 0 Å². The van der Waals surface area contributed by atoms with E-state index >= 15 is 0 Å². The van der Waals surface area contributed by atoms with E-state index in [1.54, 1.807) is 11.4 Å². The topological polar surface area (TPSA) is 42.0 Å². The summed E-state index contributed by atoms with van der Waals surface area (Å²) in [6.45, 7) is 0.0557. The molecule has 6 heteroatoms. The van der Waals surface area contributed by atoms with Crippen LogP contribution in [0.3, 0.4) is 0 Å². The Balaban J connectivity index is 2.06. The Morgan fingerprint density at radius 3 is 3.00 bits per heavy atom. The first kappa shape index (κ1) is 12.0. The molecule has 0 aliphatic carbocycles. The van der Waals surface area contributed by atoms with Crippen LogP contribution in [0.15, 0.2) is 29.8 Å². The van der Waals surface area contributed by atoms with Crippen LogP contribution < -0.4 is 5.32 Å². The second kappa shape index (κ2) is 5.25. The van der Waals surface area contributed by atoms with Crippen molar-refractivity contribution < 1.29 is 9.18 Å². The van der Waals surface area contributed by atoms with Crippen LogP contribution in [0.1, 0.15) is 15.9 Å². The maximum atomic E-state index is 13.4. The van der Waals surface area contributed by atoms with Crippen molar-refractivity contribution in [3.05, 3.63) is 51.7 Å². The summed E-state index contributed by atoms with van der Waals surface area (Å²) in [5.74, 6) is -0.723. The van der Waals surface area contributed by atoms with Gasteiger partial charge in [-0.2, -0.15) is 0 Å². The van der Waals surface area contributed by atoms with Crippen molar-refractivity contribution in [2.24, 2.45) is 0 Å². The van der Waals surface area contributed by atoms with Crippen LogP contribution in [0.4, 0.5) is 4.39 Å². The van der Waals surface area contributed by atoms with Crippen LogP contribution in [0.2, 0.25) is 5.02 Å². The van der Waals surface area contributed by atoms with Gasteiger partial charge in [0, 0.05) is 22.5 Å². The predicted molar refractivity (Wildman–Crippen MR) is 64.7 cm³/mol. The summed E-state index contributed by atoms with van der Waals surface area (Å²) in [5, 5.41) is 4.51.